The van der Waals surface area contributed by atoms with E-state index in [2.05, 4.69) is 20.3 Å². The summed E-state index contributed by atoms with van der Waals surface area (Å²) >= 11 is 5.98. The Morgan fingerprint density at radius 2 is 2.03 bits per heavy atom. The summed E-state index contributed by atoms with van der Waals surface area (Å²) in [7, 11) is 1.68. The molecule has 10 nitrogen and oxygen atoms in total. The van der Waals surface area contributed by atoms with E-state index in [0.29, 0.717) is 40.6 Å². The first-order valence-corrected chi connectivity index (χ1v) is 11.6. The fourth-order valence-electron chi connectivity index (χ4n) is 4.32. The van der Waals surface area contributed by atoms with E-state index >= 15 is 0 Å². The molecular weight excluding hydrogens is 462 g/mol. The predicted molar refractivity (Wildman–Crippen MR) is 122 cm³/mol. The maximum Gasteiger partial charge on any atom is 0.417 e. The third-order valence-electron chi connectivity index (χ3n) is 6.21. The summed E-state index contributed by atoms with van der Waals surface area (Å²) in [6.07, 6.45) is 5.94. The number of nitrogens with one attached hydrogen (secondary N) is 1. The van der Waals surface area contributed by atoms with Gasteiger partial charge in [-0.05, 0) is 44.2 Å². The van der Waals surface area contributed by atoms with Crippen LogP contribution < -0.4 is 10.1 Å². The fourth-order valence-corrected chi connectivity index (χ4v) is 4.48. The molecule has 178 valence electrons. The van der Waals surface area contributed by atoms with Crippen LogP contribution in [-0.2, 0) is 9.53 Å². The lowest BCUT2D eigenvalue weighted by Crippen LogP contribution is -2.42. The van der Waals surface area contributed by atoms with Gasteiger partial charge in [-0.3, -0.25) is 4.79 Å². The Hall–Kier alpha value is -3.24. The number of carbonyl (C=O) groups excluding carboxylic acids is 2. The number of hydrogen-bond acceptors (Lipinski definition) is 8. The van der Waals surface area contributed by atoms with Crippen molar-refractivity contribution in [2.45, 2.75) is 50.3 Å². The number of carbonyl (C=O) groups is 2. The summed E-state index contributed by atoms with van der Waals surface area (Å²) < 4.78 is 16.5. The topological polar surface area (TPSA) is 120 Å². The van der Waals surface area contributed by atoms with Crippen molar-refractivity contribution in [1.29, 1.82) is 0 Å². The molecule has 1 saturated carbocycles. The van der Waals surface area contributed by atoms with Crippen molar-refractivity contribution >= 4 is 34.7 Å². The van der Waals surface area contributed by atoms with E-state index in [9.17, 15) is 9.59 Å². The minimum atomic E-state index is -0.555. The lowest BCUT2D eigenvalue weighted by atomic mass is 10.2. The highest BCUT2D eigenvalue weighted by molar-refractivity contribution is 6.31. The molecule has 2 fully saturated rings. The molecule has 0 unspecified atom stereocenters. The van der Waals surface area contributed by atoms with Crippen LogP contribution in [0.4, 0.5) is 4.79 Å². The minimum Gasteiger partial charge on any atom is -0.436 e. The highest BCUT2D eigenvalue weighted by Gasteiger charge is 2.33. The maximum absolute atomic E-state index is 12.6. The first kappa shape index (κ1) is 22.5. The molecule has 2 aliphatic rings. The number of fused-ring (bicyclic) bond motifs is 1. The van der Waals surface area contributed by atoms with E-state index in [1.807, 2.05) is 0 Å². The van der Waals surface area contributed by atoms with Gasteiger partial charge < -0.3 is 24.1 Å². The zero-order chi connectivity index (χ0) is 23.7. The van der Waals surface area contributed by atoms with Crippen LogP contribution in [-0.4, -0.2) is 63.7 Å². The van der Waals surface area contributed by atoms with Gasteiger partial charge in [0.05, 0.1) is 5.56 Å². The van der Waals surface area contributed by atoms with Crippen molar-refractivity contribution in [1.82, 2.24) is 25.2 Å². The maximum atomic E-state index is 12.6. The van der Waals surface area contributed by atoms with Crippen LogP contribution in [0.1, 0.15) is 32.1 Å². The summed E-state index contributed by atoms with van der Waals surface area (Å²) in [6.45, 7) is 0.632. The van der Waals surface area contributed by atoms with Gasteiger partial charge >= 0.3 is 12.1 Å². The number of amides is 2. The fraction of sp³-hybridized carbons (Fsp3) is 0.435. The van der Waals surface area contributed by atoms with Gasteiger partial charge in [-0.1, -0.05) is 11.6 Å². The second kappa shape index (κ2) is 9.55. The second-order valence-electron chi connectivity index (χ2n) is 8.54. The third-order valence-corrected chi connectivity index (χ3v) is 6.45. The summed E-state index contributed by atoms with van der Waals surface area (Å²) in [4.78, 5) is 39.0. The number of hydrogen-bond donors (Lipinski definition) is 1. The lowest BCUT2D eigenvalue weighted by molar-refractivity contribution is -0.130. The number of halogens is 1. The number of oxazole rings is 1. The highest BCUT2D eigenvalue weighted by Crippen LogP contribution is 2.27. The van der Waals surface area contributed by atoms with Crippen LogP contribution in [0.15, 0.2) is 35.0 Å². The Kier molecular flexibility index (Phi) is 6.34. The monoisotopic (exact) mass is 485 g/mol. The van der Waals surface area contributed by atoms with Gasteiger partial charge in [0.15, 0.2) is 5.58 Å². The molecule has 11 heteroatoms. The zero-order valence-corrected chi connectivity index (χ0v) is 19.3. The average Bonchev–Trinajstić information content (AvgIpc) is 3.59. The smallest absolute Gasteiger partial charge is 0.417 e. The van der Waals surface area contributed by atoms with E-state index in [1.54, 1.807) is 25.2 Å². The highest BCUT2D eigenvalue weighted by atomic mass is 35.5. The first-order valence-electron chi connectivity index (χ1n) is 11.2. The van der Waals surface area contributed by atoms with Gasteiger partial charge in [-0.15, -0.1) is 0 Å². The summed E-state index contributed by atoms with van der Waals surface area (Å²) in [6, 6.07) is 5.07. The molecule has 0 bridgehead atoms. The Morgan fingerprint density at radius 1 is 1.21 bits per heavy atom. The van der Waals surface area contributed by atoms with Gasteiger partial charge in [0.25, 0.3) is 0 Å². The van der Waals surface area contributed by atoms with Crippen molar-refractivity contribution in [2.75, 3.05) is 13.7 Å². The molecule has 3 heterocycles. The summed E-state index contributed by atoms with van der Waals surface area (Å²) in [5.41, 5.74) is 1.76. The molecule has 0 spiro atoms. The molecule has 1 aromatic carbocycles. The molecule has 1 N–H and O–H groups in total. The molecule has 1 saturated heterocycles. The first-order chi connectivity index (χ1) is 16.5. The van der Waals surface area contributed by atoms with Gasteiger partial charge in [0, 0.05) is 49.2 Å². The van der Waals surface area contributed by atoms with E-state index in [-0.39, 0.29) is 30.1 Å². The SMILES string of the molecule is CN(C(=O)Oc1ncc(-c2nc3ccc(Cl)cc3o2)cn1)[C@@H]1CC[C@H](NC(=O)[C@@H]2CCCO2)C1. The Morgan fingerprint density at radius 3 is 2.79 bits per heavy atom. The molecular formula is C23H24ClN5O5. The van der Waals surface area contributed by atoms with Crippen LogP contribution in [0.5, 0.6) is 6.01 Å². The van der Waals surface area contributed by atoms with Crippen LogP contribution in [0.3, 0.4) is 0 Å². The van der Waals surface area contributed by atoms with E-state index in [0.717, 1.165) is 25.7 Å². The van der Waals surface area contributed by atoms with Gasteiger partial charge in [0.1, 0.15) is 11.6 Å². The molecule has 2 amide bonds. The molecule has 1 aliphatic heterocycles. The molecule has 3 aromatic rings. The number of benzene rings is 1. The van der Waals surface area contributed by atoms with Crippen LogP contribution in [0, 0.1) is 0 Å². The molecule has 0 radical (unpaired) electrons. The van der Waals surface area contributed by atoms with Crippen molar-refractivity contribution in [3.63, 3.8) is 0 Å². The third kappa shape index (κ3) is 4.83. The number of rotatable bonds is 5. The molecule has 2 aromatic heterocycles. The standard InChI is InChI=1S/C23H24ClN5O5/c1-29(16-6-5-15(10-16)27-20(30)18-3-2-8-32-18)23(31)34-22-25-11-13(12-26-22)21-28-17-7-4-14(24)9-19(17)33-21/h4,7,9,11-12,15-16,18H,2-3,5-6,8,10H2,1H3,(H,27,30)/t15-,16+,18-/m0/s1. The number of ether oxygens (including phenoxy) is 2. The lowest BCUT2D eigenvalue weighted by Gasteiger charge is -2.23. The minimum absolute atomic E-state index is 0.0127. The molecule has 3 atom stereocenters. The van der Waals surface area contributed by atoms with E-state index in [4.69, 9.17) is 25.5 Å². The Labute approximate surface area is 200 Å². The summed E-state index contributed by atoms with van der Waals surface area (Å²) in [5, 5.41) is 3.59. The van der Waals surface area contributed by atoms with Crippen LogP contribution in [0.25, 0.3) is 22.6 Å². The normalized spacial score (nSPS) is 22.1. The predicted octanol–water partition coefficient (Wildman–Crippen LogP) is 3.59. The second-order valence-corrected chi connectivity index (χ2v) is 8.97. The van der Waals surface area contributed by atoms with Gasteiger partial charge in [0.2, 0.25) is 11.8 Å². The van der Waals surface area contributed by atoms with Gasteiger partial charge in [-0.2, -0.15) is 0 Å². The van der Waals surface area contributed by atoms with Crippen molar-refractivity contribution in [2.24, 2.45) is 0 Å². The largest absolute Gasteiger partial charge is 0.436 e. The quantitative estimate of drug-likeness (QED) is 0.582. The number of nitrogens with zero attached hydrogens (tertiary/aromatic N) is 4. The number of aromatic nitrogens is 3. The molecule has 1 aliphatic carbocycles. The van der Waals surface area contributed by atoms with Crippen LogP contribution in [0.2, 0.25) is 5.02 Å². The molecule has 5 rings (SSSR count). The Balaban J connectivity index is 1.16. The van der Waals surface area contributed by atoms with Crippen molar-refractivity contribution in [3.05, 3.63) is 35.6 Å². The van der Waals surface area contributed by atoms with Crippen LogP contribution >= 0.6 is 11.6 Å². The average molecular weight is 486 g/mol. The van der Waals surface area contributed by atoms with Gasteiger partial charge in [-0.25, -0.2) is 19.7 Å². The summed E-state index contributed by atoms with van der Waals surface area (Å²) in [5.74, 6) is 0.276. The van der Waals surface area contributed by atoms with Crippen molar-refractivity contribution < 1.29 is 23.5 Å². The zero-order valence-electron chi connectivity index (χ0n) is 18.6. The van der Waals surface area contributed by atoms with E-state index in [1.165, 1.54) is 17.3 Å². The Bertz CT molecular complexity index is 1190. The van der Waals surface area contributed by atoms with E-state index < -0.39 is 6.09 Å². The molecule has 34 heavy (non-hydrogen) atoms. The van der Waals surface area contributed by atoms with Crippen molar-refractivity contribution in [3.8, 4) is 17.5 Å².